The van der Waals surface area contributed by atoms with E-state index in [9.17, 15) is 0 Å². The molecule has 1 nitrogen and oxygen atoms in total. The summed E-state index contributed by atoms with van der Waals surface area (Å²) < 4.78 is 0. The molecule has 0 heterocycles. The molecule has 0 aromatic heterocycles. The fraction of sp³-hybridized carbons (Fsp3) is 0.538. The van der Waals surface area contributed by atoms with Gasteiger partial charge in [-0.3, -0.25) is 0 Å². The average Bonchev–Trinajstić information content (AvgIpc) is 2.20. The molecule has 0 fully saturated rings. The summed E-state index contributed by atoms with van der Waals surface area (Å²) in [7, 11) is 0. The van der Waals surface area contributed by atoms with Gasteiger partial charge in [-0.2, -0.15) is 0 Å². The molecule has 0 aliphatic rings. The lowest BCUT2D eigenvalue weighted by Crippen LogP contribution is -2.36. The van der Waals surface area contributed by atoms with Crippen molar-refractivity contribution in [2.24, 2.45) is 5.73 Å². The molecule has 0 spiro atoms. The molecule has 0 amide bonds. The van der Waals surface area contributed by atoms with Crippen LogP contribution in [0.3, 0.4) is 0 Å². The second-order valence-corrected chi connectivity index (χ2v) is 4.02. The molecule has 0 saturated heterocycles. The number of rotatable bonds is 5. The van der Waals surface area contributed by atoms with Crippen molar-refractivity contribution in [3.63, 3.8) is 0 Å². The minimum atomic E-state index is -0.106. The third kappa shape index (κ3) is 2.58. The second-order valence-electron chi connectivity index (χ2n) is 4.02. The number of nitrogens with two attached hydrogens (primary N) is 1. The van der Waals surface area contributed by atoms with E-state index >= 15 is 0 Å². The first-order valence-corrected chi connectivity index (χ1v) is 5.57. The molecular formula is C13H21N. The Morgan fingerprint density at radius 1 is 1.00 bits per heavy atom. The molecule has 0 aliphatic heterocycles. The summed E-state index contributed by atoms with van der Waals surface area (Å²) in [6, 6.07) is 10.5. The largest absolute Gasteiger partial charge is 0.321 e. The quantitative estimate of drug-likeness (QED) is 0.758. The van der Waals surface area contributed by atoms with Crippen LogP contribution in [0.5, 0.6) is 0 Å². The van der Waals surface area contributed by atoms with Gasteiger partial charge < -0.3 is 5.73 Å². The van der Waals surface area contributed by atoms with Crippen LogP contribution in [0.1, 0.15) is 45.1 Å². The smallest absolute Gasteiger partial charge is 0.0409 e. The summed E-state index contributed by atoms with van der Waals surface area (Å²) in [5.74, 6) is 0. The second kappa shape index (κ2) is 5.16. The van der Waals surface area contributed by atoms with Gasteiger partial charge in [-0.1, -0.05) is 57.0 Å². The normalized spacial score (nSPS) is 11.6. The van der Waals surface area contributed by atoms with Gasteiger partial charge in [-0.05, 0) is 18.4 Å². The van der Waals surface area contributed by atoms with Gasteiger partial charge in [0.2, 0.25) is 0 Å². The molecular weight excluding hydrogens is 170 g/mol. The van der Waals surface area contributed by atoms with Crippen molar-refractivity contribution < 1.29 is 0 Å². The van der Waals surface area contributed by atoms with Gasteiger partial charge in [0.1, 0.15) is 0 Å². The first kappa shape index (κ1) is 11.3. The Labute approximate surface area is 87.3 Å². The lowest BCUT2D eigenvalue weighted by Gasteiger charge is -2.29. The van der Waals surface area contributed by atoms with Gasteiger partial charge in [-0.25, -0.2) is 0 Å². The highest BCUT2D eigenvalue weighted by atomic mass is 14.7. The molecule has 0 atom stereocenters. The van der Waals surface area contributed by atoms with E-state index in [0.717, 1.165) is 25.7 Å². The molecule has 0 bridgehead atoms. The van der Waals surface area contributed by atoms with Crippen molar-refractivity contribution in [3.05, 3.63) is 35.9 Å². The highest BCUT2D eigenvalue weighted by Crippen LogP contribution is 2.28. The van der Waals surface area contributed by atoms with Crippen LogP contribution in [0.2, 0.25) is 0 Å². The summed E-state index contributed by atoms with van der Waals surface area (Å²) in [4.78, 5) is 0. The van der Waals surface area contributed by atoms with E-state index in [1.807, 2.05) is 6.07 Å². The van der Waals surface area contributed by atoms with E-state index < -0.39 is 0 Å². The summed E-state index contributed by atoms with van der Waals surface area (Å²) in [6.45, 7) is 4.39. The maximum atomic E-state index is 6.44. The molecule has 1 aromatic rings. The van der Waals surface area contributed by atoms with Crippen molar-refractivity contribution >= 4 is 0 Å². The SMILES string of the molecule is CCCC(N)(CCC)c1ccccc1. The highest BCUT2D eigenvalue weighted by molar-refractivity contribution is 5.23. The Morgan fingerprint density at radius 2 is 1.50 bits per heavy atom. The van der Waals surface area contributed by atoms with Crippen LogP contribution in [0.25, 0.3) is 0 Å². The van der Waals surface area contributed by atoms with Gasteiger partial charge in [-0.15, -0.1) is 0 Å². The molecule has 1 aromatic carbocycles. The molecule has 1 heteroatoms. The van der Waals surface area contributed by atoms with E-state index in [1.165, 1.54) is 5.56 Å². The Balaban J connectivity index is 2.87. The average molecular weight is 191 g/mol. The van der Waals surface area contributed by atoms with Gasteiger partial charge in [0.25, 0.3) is 0 Å². The first-order valence-electron chi connectivity index (χ1n) is 5.57. The summed E-state index contributed by atoms with van der Waals surface area (Å²) in [6.07, 6.45) is 4.44. The van der Waals surface area contributed by atoms with E-state index in [4.69, 9.17) is 5.73 Å². The highest BCUT2D eigenvalue weighted by Gasteiger charge is 2.24. The molecule has 0 saturated carbocycles. The Bertz CT molecular complexity index is 247. The van der Waals surface area contributed by atoms with E-state index in [-0.39, 0.29) is 5.54 Å². The number of hydrogen-bond acceptors (Lipinski definition) is 1. The van der Waals surface area contributed by atoms with Crippen LogP contribution >= 0.6 is 0 Å². The third-order valence-electron chi connectivity index (χ3n) is 2.74. The van der Waals surface area contributed by atoms with Crippen molar-refractivity contribution in [1.82, 2.24) is 0 Å². The van der Waals surface area contributed by atoms with Crippen LogP contribution in [0, 0.1) is 0 Å². The van der Waals surface area contributed by atoms with E-state index in [2.05, 4.69) is 38.1 Å². The Kier molecular flexibility index (Phi) is 4.15. The van der Waals surface area contributed by atoms with Gasteiger partial charge >= 0.3 is 0 Å². The Morgan fingerprint density at radius 3 is 1.93 bits per heavy atom. The lowest BCUT2D eigenvalue weighted by molar-refractivity contribution is 0.369. The maximum absolute atomic E-state index is 6.44. The zero-order valence-corrected chi connectivity index (χ0v) is 9.29. The first-order chi connectivity index (χ1) is 6.73. The van der Waals surface area contributed by atoms with Crippen LogP contribution in [-0.4, -0.2) is 0 Å². The van der Waals surface area contributed by atoms with Crippen molar-refractivity contribution in [1.29, 1.82) is 0 Å². The van der Waals surface area contributed by atoms with Crippen molar-refractivity contribution in [2.75, 3.05) is 0 Å². The fourth-order valence-corrected chi connectivity index (χ4v) is 2.08. The summed E-state index contributed by atoms with van der Waals surface area (Å²) >= 11 is 0. The number of benzene rings is 1. The minimum Gasteiger partial charge on any atom is -0.321 e. The van der Waals surface area contributed by atoms with Crippen molar-refractivity contribution in [3.8, 4) is 0 Å². The van der Waals surface area contributed by atoms with Gasteiger partial charge in [0.05, 0.1) is 0 Å². The van der Waals surface area contributed by atoms with Crippen molar-refractivity contribution in [2.45, 2.75) is 45.1 Å². The molecule has 1 rings (SSSR count). The molecule has 0 unspecified atom stereocenters. The Hall–Kier alpha value is -0.820. The monoisotopic (exact) mass is 191 g/mol. The third-order valence-corrected chi connectivity index (χ3v) is 2.74. The van der Waals surface area contributed by atoms with Crippen LogP contribution in [0.15, 0.2) is 30.3 Å². The van der Waals surface area contributed by atoms with E-state index in [1.54, 1.807) is 0 Å². The predicted molar refractivity (Wildman–Crippen MR) is 62.1 cm³/mol. The fourth-order valence-electron chi connectivity index (χ4n) is 2.08. The molecule has 2 N–H and O–H groups in total. The predicted octanol–water partition coefficient (Wildman–Crippen LogP) is 3.44. The lowest BCUT2D eigenvalue weighted by atomic mass is 9.83. The summed E-state index contributed by atoms with van der Waals surface area (Å²) in [5, 5.41) is 0. The number of hydrogen-bond donors (Lipinski definition) is 1. The molecule has 0 radical (unpaired) electrons. The van der Waals surface area contributed by atoms with E-state index in [0.29, 0.717) is 0 Å². The maximum Gasteiger partial charge on any atom is 0.0409 e. The zero-order chi connectivity index (χ0) is 10.4. The van der Waals surface area contributed by atoms with Crippen LogP contribution < -0.4 is 5.73 Å². The zero-order valence-electron chi connectivity index (χ0n) is 9.29. The molecule has 0 aliphatic carbocycles. The standard InChI is InChI=1S/C13H21N/c1-3-10-13(14,11-4-2)12-8-6-5-7-9-12/h5-9H,3-4,10-11,14H2,1-2H3. The molecule has 78 valence electrons. The van der Waals surface area contributed by atoms with Crippen LogP contribution in [-0.2, 0) is 5.54 Å². The minimum absolute atomic E-state index is 0.106. The van der Waals surface area contributed by atoms with Gasteiger partial charge in [0.15, 0.2) is 0 Å². The summed E-state index contributed by atoms with van der Waals surface area (Å²) in [5.41, 5.74) is 7.62. The molecule has 14 heavy (non-hydrogen) atoms. The van der Waals surface area contributed by atoms with Crippen LogP contribution in [0.4, 0.5) is 0 Å². The topological polar surface area (TPSA) is 26.0 Å². The van der Waals surface area contributed by atoms with Gasteiger partial charge in [0, 0.05) is 5.54 Å².